The number of nitrogens with two attached hydrogens (primary N) is 1. The van der Waals surface area contributed by atoms with Gasteiger partial charge in [0, 0.05) is 18.0 Å². The molecule has 1 aromatic carbocycles. The molecule has 0 radical (unpaired) electrons. The van der Waals surface area contributed by atoms with E-state index in [2.05, 4.69) is 4.98 Å². The average Bonchev–Trinajstić information content (AvgIpc) is 2.39. The highest BCUT2D eigenvalue weighted by molar-refractivity contribution is 5.84. The molecular formula is C13H13N3O. The number of benzene rings is 1. The van der Waals surface area contributed by atoms with Crippen molar-refractivity contribution in [1.82, 2.24) is 4.98 Å². The molecule has 2 aromatic rings. The number of pyridine rings is 1. The number of ether oxygens (including phenoxy) is 1. The summed E-state index contributed by atoms with van der Waals surface area (Å²) < 4.78 is 5.60. The molecule has 1 heterocycles. The van der Waals surface area contributed by atoms with Gasteiger partial charge >= 0.3 is 0 Å². The number of hydrogen-bond acceptors (Lipinski definition) is 4. The van der Waals surface area contributed by atoms with E-state index in [1.165, 1.54) is 0 Å². The first kappa shape index (κ1) is 11.4. The molecule has 86 valence electrons. The van der Waals surface area contributed by atoms with Gasteiger partial charge in [0.15, 0.2) is 0 Å². The quantitative estimate of drug-likeness (QED) is 0.865. The lowest BCUT2D eigenvalue weighted by Crippen LogP contribution is -2.20. The third-order valence-corrected chi connectivity index (χ3v) is 2.45. The summed E-state index contributed by atoms with van der Waals surface area (Å²) in [6.45, 7) is 0.421. The molecule has 17 heavy (non-hydrogen) atoms. The zero-order valence-corrected chi connectivity index (χ0v) is 9.34. The van der Waals surface area contributed by atoms with Gasteiger partial charge in [-0.25, -0.2) is 0 Å². The van der Waals surface area contributed by atoms with Gasteiger partial charge in [-0.1, -0.05) is 18.2 Å². The Morgan fingerprint density at radius 3 is 3.00 bits per heavy atom. The molecule has 2 N–H and O–H groups in total. The molecule has 0 saturated heterocycles. The monoisotopic (exact) mass is 227 g/mol. The number of nitriles is 1. The molecule has 1 aromatic heterocycles. The van der Waals surface area contributed by atoms with Crippen LogP contribution in [0.2, 0.25) is 0 Å². The van der Waals surface area contributed by atoms with Crippen LogP contribution in [0, 0.1) is 11.3 Å². The third kappa shape index (κ3) is 2.71. The van der Waals surface area contributed by atoms with Gasteiger partial charge in [-0.3, -0.25) is 4.98 Å². The summed E-state index contributed by atoms with van der Waals surface area (Å²) in [6.07, 6.45) is 2.25. The summed E-state index contributed by atoms with van der Waals surface area (Å²) in [5, 5.41) is 9.60. The van der Waals surface area contributed by atoms with Crippen LogP contribution < -0.4 is 10.5 Å². The molecule has 1 unspecified atom stereocenters. The lowest BCUT2D eigenvalue weighted by Gasteiger charge is -2.08. The second-order valence-corrected chi connectivity index (χ2v) is 3.70. The van der Waals surface area contributed by atoms with Crippen molar-refractivity contribution < 1.29 is 4.74 Å². The molecule has 1 atom stereocenters. The molecular weight excluding hydrogens is 214 g/mol. The molecule has 0 aliphatic rings. The largest absolute Gasteiger partial charge is 0.491 e. The number of fused-ring (bicyclic) bond motifs is 1. The van der Waals surface area contributed by atoms with Crippen LogP contribution in [-0.2, 0) is 0 Å². The molecule has 0 aliphatic carbocycles. The van der Waals surface area contributed by atoms with Crippen molar-refractivity contribution in [3.05, 3.63) is 36.5 Å². The predicted molar refractivity (Wildman–Crippen MR) is 65.4 cm³/mol. The van der Waals surface area contributed by atoms with E-state index in [1.807, 2.05) is 36.4 Å². The topological polar surface area (TPSA) is 71.9 Å². The third-order valence-electron chi connectivity index (χ3n) is 2.45. The van der Waals surface area contributed by atoms with E-state index >= 15 is 0 Å². The Bertz CT molecular complexity index is 542. The van der Waals surface area contributed by atoms with Crippen LogP contribution in [0.25, 0.3) is 10.9 Å². The highest BCUT2D eigenvalue weighted by Gasteiger charge is 2.04. The van der Waals surface area contributed by atoms with Crippen LogP contribution in [0.4, 0.5) is 0 Å². The Hall–Kier alpha value is -2.12. The first-order chi connectivity index (χ1) is 8.31. The van der Waals surface area contributed by atoms with Crippen molar-refractivity contribution in [1.29, 1.82) is 5.26 Å². The molecule has 0 spiro atoms. The molecule has 0 amide bonds. The minimum absolute atomic E-state index is 0.421. The Balaban J connectivity index is 2.11. The van der Waals surface area contributed by atoms with Gasteiger partial charge in [0.25, 0.3) is 0 Å². The van der Waals surface area contributed by atoms with Crippen LogP contribution >= 0.6 is 0 Å². The van der Waals surface area contributed by atoms with Crippen LogP contribution in [0.15, 0.2) is 36.5 Å². The van der Waals surface area contributed by atoms with E-state index in [0.29, 0.717) is 13.0 Å². The van der Waals surface area contributed by atoms with E-state index in [1.54, 1.807) is 6.20 Å². The van der Waals surface area contributed by atoms with Gasteiger partial charge in [0.2, 0.25) is 0 Å². The van der Waals surface area contributed by atoms with Crippen molar-refractivity contribution in [3.8, 4) is 11.8 Å². The van der Waals surface area contributed by atoms with Gasteiger partial charge in [-0.05, 0) is 12.1 Å². The van der Waals surface area contributed by atoms with Crippen molar-refractivity contribution >= 4 is 10.9 Å². The van der Waals surface area contributed by atoms with Crippen molar-refractivity contribution in [2.45, 2.75) is 12.5 Å². The van der Waals surface area contributed by atoms with Crippen LogP contribution in [-0.4, -0.2) is 17.6 Å². The SMILES string of the molecule is N#CC(N)CCOc1cccc2cccnc12. The maximum absolute atomic E-state index is 8.56. The van der Waals surface area contributed by atoms with Crippen LogP contribution in [0.3, 0.4) is 0 Å². The number of para-hydroxylation sites is 1. The Kier molecular flexibility index (Phi) is 3.53. The fourth-order valence-electron chi connectivity index (χ4n) is 1.55. The number of hydrogen-bond donors (Lipinski definition) is 1. The summed E-state index contributed by atoms with van der Waals surface area (Å²) in [5.74, 6) is 0.730. The summed E-state index contributed by atoms with van der Waals surface area (Å²) in [7, 11) is 0. The standard InChI is InChI=1S/C13H13N3O/c14-9-11(15)6-8-17-12-5-1-3-10-4-2-7-16-13(10)12/h1-5,7,11H,6,8,15H2. The van der Waals surface area contributed by atoms with E-state index in [-0.39, 0.29) is 0 Å². The van der Waals surface area contributed by atoms with Gasteiger partial charge < -0.3 is 10.5 Å². The molecule has 0 fully saturated rings. The second-order valence-electron chi connectivity index (χ2n) is 3.70. The minimum atomic E-state index is -0.474. The van der Waals surface area contributed by atoms with Crippen LogP contribution in [0.5, 0.6) is 5.75 Å². The first-order valence-electron chi connectivity index (χ1n) is 5.43. The minimum Gasteiger partial charge on any atom is -0.491 e. The van der Waals surface area contributed by atoms with Gasteiger partial charge in [-0.15, -0.1) is 0 Å². The Labute approximate surface area is 99.6 Å². The maximum Gasteiger partial charge on any atom is 0.145 e. The maximum atomic E-state index is 8.56. The molecule has 0 aliphatic heterocycles. The lowest BCUT2D eigenvalue weighted by molar-refractivity contribution is 0.309. The Morgan fingerprint density at radius 2 is 2.18 bits per heavy atom. The number of rotatable bonds is 4. The highest BCUT2D eigenvalue weighted by atomic mass is 16.5. The summed E-state index contributed by atoms with van der Waals surface area (Å²) in [5.41, 5.74) is 6.33. The van der Waals surface area contributed by atoms with Crippen molar-refractivity contribution in [3.63, 3.8) is 0 Å². The summed E-state index contributed by atoms with van der Waals surface area (Å²) in [4.78, 5) is 4.28. The van der Waals surface area contributed by atoms with E-state index < -0.39 is 6.04 Å². The lowest BCUT2D eigenvalue weighted by atomic mass is 10.2. The number of aromatic nitrogens is 1. The average molecular weight is 227 g/mol. The van der Waals surface area contributed by atoms with Crippen molar-refractivity contribution in [2.24, 2.45) is 5.73 Å². The first-order valence-corrected chi connectivity index (χ1v) is 5.43. The van der Waals surface area contributed by atoms with E-state index in [9.17, 15) is 0 Å². The van der Waals surface area contributed by atoms with Crippen molar-refractivity contribution in [2.75, 3.05) is 6.61 Å². The van der Waals surface area contributed by atoms with E-state index in [4.69, 9.17) is 15.7 Å². The predicted octanol–water partition coefficient (Wildman–Crippen LogP) is 1.85. The van der Waals surface area contributed by atoms with Gasteiger partial charge in [-0.2, -0.15) is 5.26 Å². The smallest absolute Gasteiger partial charge is 0.145 e. The molecule has 2 rings (SSSR count). The summed E-state index contributed by atoms with van der Waals surface area (Å²) in [6, 6.07) is 11.1. The van der Waals surface area contributed by atoms with Crippen LogP contribution in [0.1, 0.15) is 6.42 Å². The zero-order chi connectivity index (χ0) is 12.1. The normalized spacial score (nSPS) is 12.0. The molecule has 0 saturated carbocycles. The zero-order valence-electron chi connectivity index (χ0n) is 9.34. The van der Waals surface area contributed by atoms with E-state index in [0.717, 1.165) is 16.7 Å². The molecule has 4 heteroatoms. The molecule has 4 nitrogen and oxygen atoms in total. The second kappa shape index (κ2) is 5.28. The van der Waals surface area contributed by atoms with Gasteiger partial charge in [0.1, 0.15) is 11.3 Å². The van der Waals surface area contributed by atoms with Gasteiger partial charge in [0.05, 0.1) is 18.7 Å². The highest BCUT2D eigenvalue weighted by Crippen LogP contribution is 2.22. The number of nitrogens with zero attached hydrogens (tertiary/aromatic N) is 2. The fourth-order valence-corrected chi connectivity index (χ4v) is 1.55. The Morgan fingerprint density at radius 1 is 1.35 bits per heavy atom. The molecule has 0 bridgehead atoms. The fraction of sp³-hybridized carbons (Fsp3) is 0.231. The summed E-state index contributed by atoms with van der Waals surface area (Å²) >= 11 is 0.